The second-order valence-electron chi connectivity index (χ2n) is 6.68. The molecule has 1 aliphatic rings. The second kappa shape index (κ2) is 9.34. The zero-order chi connectivity index (χ0) is 19.2. The molecule has 1 aromatic rings. The van der Waals surface area contributed by atoms with Crippen LogP contribution < -0.4 is 14.4 Å². The fraction of sp³-hybridized carbons (Fsp3) is 0.611. The summed E-state index contributed by atoms with van der Waals surface area (Å²) in [5, 5.41) is 0. The van der Waals surface area contributed by atoms with Gasteiger partial charge in [0.15, 0.2) is 6.61 Å². The first-order valence-electron chi connectivity index (χ1n) is 9.22. The third-order valence-electron chi connectivity index (χ3n) is 4.79. The molecular weight excluding hydrogens is 354 g/mol. The van der Waals surface area contributed by atoms with Crippen molar-refractivity contribution in [2.24, 2.45) is 0 Å². The van der Waals surface area contributed by atoms with Gasteiger partial charge >= 0.3 is 0 Å². The summed E-state index contributed by atoms with van der Waals surface area (Å²) < 4.78 is 32.6. The monoisotopic (exact) mass is 384 g/mol. The number of sulfonamides is 1. The Balaban J connectivity index is 1.86. The van der Waals surface area contributed by atoms with E-state index in [1.807, 2.05) is 18.7 Å². The number of amides is 1. The molecule has 2 rings (SSSR count). The molecule has 0 bridgehead atoms. The first-order valence-corrected chi connectivity index (χ1v) is 10.7. The number of ether oxygens (including phenoxy) is 1. The molecule has 1 atom stereocenters. The van der Waals surface area contributed by atoms with Crippen molar-refractivity contribution in [2.45, 2.75) is 38.1 Å². The van der Waals surface area contributed by atoms with E-state index in [4.69, 9.17) is 4.74 Å². The average molecular weight is 385 g/mol. The Kier molecular flexibility index (Phi) is 7.43. The first-order chi connectivity index (χ1) is 12.4. The summed E-state index contributed by atoms with van der Waals surface area (Å²) in [4.78, 5) is 15.8. The lowest BCUT2D eigenvalue weighted by Crippen LogP contribution is -3.14. The number of carbonyl (C=O) groups excluding carboxylic acids is 1. The van der Waals surface area contributed by atoms with Crippen LogP contribution in [0, 0.1) is 0 Å². The van der Waals surface area contributed by atoms with E-state index in [9.17, 15) is 13.2 Å². The molecular formula is C18H30N3O4S+. The number of hydrogen-bond donors (Lipinski definition) is 2. The molecule has 0 saturated carbocycles. The normalized spacial score (nSPS) is 17.1. The molecule has 146 valence electrons. The van der Waals surface area contributed by atoms with E-state index in [1.165, 1.54) is 17.0 Å². The molecule has 0 radical (unpaired) electrons. The molecule has 0 aliphatic carbocycles. The smallest absolute Gasteiger partial charge is 0.260 e. The van der Waals surface area contributed by atoms with Crippen molar-refractivity contribution in [3.8, 4) is 5.75 Å². The summed E-state index contributed by atoms with van der Waals surface area (Å²) in [5.74, 6) is 0.453. The van der Waals surface area contributed by atoms with Crippen molar-refractivity contribution in [1.29, 1.82) is 0 Å². The molecule has 1 amide bonds. The average Bonchev–Trinajstić information content (AvgIpc) is 2.66. The summed E-state index contributed by atoms with van der Waals surface area (Å²) in [7, 11) is -3.53. The number of nitrogens with one attached hydrogen (secondary N) is 2. The number of benzene rings is 1. The lowest BCUT2D eigenvalue weighted by Gasteiger charge is -2.31. The molecule has 0 unspecified atom stereocenters. The molecule has 1 aliphatic heterocycles. The molecule has 0 spiro atoms. The van der Waals surface area contributed by atoms with Gasteiger partial charge in [-0.15, -0.1) is 0 Å². The number of carbonyl (C=O) groups is 1. The van der Waals surface area contributed by atoms with Crippen LogP contribution in [0.1, 0.15) is 27.2 Å². The van der Waals surface area contributed by atoms with E-state index in [1.54, 1.807) is 12.1 Å². The van der Waals surface area contributed by atoms with E-state index < -0.39 is 10.0 Å². The number of nitrogens with zero attached hydrogens (tertiary/aromatic N) is 1. The summed E-state index contributed by atoms with van der Waals surface area (Å²) in [5.41, 5.74) is 0. The molecule has 8 heteroatoms. The van der Waals surface area contributed by atoms with Crippen LogP contribution in [0.4, 0.5) is 0 Å². The Morgan fingerprint density at radius 1 is 1.23 bits per heavy atom. The Labute approximate surface area is 156 Å². The number of piperazine rings is 1. The molecule has 1 aromatic carbocycles. The topological polar surface area (TPSA) is 80.1 Å². The Hall–Kier alpha value is -1.64. The lowest BCUT2D eigenvalue weighted by atomic mass is 10.3. The van der Waals surface area contributed by atoms with Gasteiger partial charge in [0.2, 0.25) is 10.0 Å². The number of rotatable bonds is 8. The quantitative estimate of drug-likeness (QED) is 0.655. The third-order valence-corrected chi connectivity index (χ3v) is 6.39. The van der Waals surface area contributed by atoms with E-state index in [0.717, 1.165) is 39.1 Å². The molecule has 1 fully saturated rings. The van der Waals surface area contributed by atoms with Gasteiger partial charge in [-0.3, -0.25) is 4.79 Å². The summed E-state index contributed by atoms with van der Waals surface area (Å²) in [6, 6.07) is 6.03. The third kappa shape index (κ3) is 5.69. The molecule has 2 N–H and O–H groups in total. The Morgan fingerprint density at radius 2 is 1.85 bits per heavy atom. The highest BCUT2D eigenvalue weighted by atomic mass is 32.2. The van der Waals surface area contributed by atoms with Crippen molar-refractivity contribution in [1.82, 2.24) is 9.62 Å². The summed E-state index contributed by atoms with van der Waals surface area (Å²) in [6.07, 6.45) is 0.719. The number of likely N-dealkylation sites (N-methyl/N-ethyl adjacent to an activating group) is 1. The standard InChI is InChI=1S/C18H29N3O4S/c1-4-15(3)19-26(23,24)17-8-6-16(7-9-17)25-14-18(22)21-12-10-20(5-2)11-13-21/h6-9,15,19H,4-5,10-14H2,1-3H3/p+1/t15-/m0/s1. The van der Waals surface area contributed by atoms with Gasteiger partial charge in [0.1, 0.15) is 5.75 Å². The van der Waals surface area contributed by atoms with Crippen LogP contribution in [-0.4, -0.2) is 64.6 Å². The van der Waals surface area contributed by atoms with E-state index >= 15 is 0 Å². The highest BCUT2D eigenvalue weighted by Crippen LogP contribution is 2.16. The zero-order valence-electron chi connectivity index (χ0n) is 15.8. The van der Waals surface area contributed by atoms with Gasteiger partial charge in [-0.25, -0.2) is 13.1 Å². The maximum atomic E-state index is 12.2. The highest BCUT2D eigenvalue weighted by Gasteiger charge is 2.23. The minimum absolute atomic E-state index is 0.0291. The van der Waals surface area contributed by atoms with E-state index in [2.05, 4.69) is 11.6 Å². The van der Waals surface area contributed by atoms with Crippen molar-refractivity contribution in [3.05, 3.63) is 24.3 Å². The predicted octanol–water partition coefficient (Wildman–Crippen LogP) is -0.111. The summed E-state index contributed by atoms with van der Waals surface area (Å²) in [6.45, 7) is 10.4. The van der Waals surface area contributed by atoms with Crippen LogP contribution in [0.5, 0.6) is 5.75 Å². The van der Waals surface area contributed by atoms with Crippen LogP contribution in [-0.2, 0) is 14.8 Å². The zero-order valence-corrected chi connectivity index (χ0v) is 16.6. The van der Waals surface area contributed by atoms with Gasteiger partial charge in [0, 0.05) is 6.04 Å². The predicted molar refractivity (Wildman–Crippen MR) is 99.8 cm³/mol. The Bertz CT molecular complexity index is 683. The van der Waals surface area contributed by atoms with Crippen LogP contribution in [0.2, 0.25) is 0 Å². The van der Waals surface area contributed by atoms with Gasteiger partial charge in [-0.05, 0) is 44.5 Å². The minimum Gasteiger partial charge on any atom is -0.484 e. The second-order valence-corrected chi connectivity index (χ2v) is 8.39. The van der Waals surface area contributed by atoms with Crippen LogP contribution in [0.3, 0.4) is 0 Å². The van der Waals surface area contributed by atoms with Crippen molar-refractivity contribution >= 4 is 15.9 Å². The minimum atomic E-state index is -3.53. The first kappa shape index (κ1) is 20.7. The van der Waals surface area contributed by atoms with Crippen LogP contribution >= 0.6 is 0 Å². The van der Waals surface area contributed by atoms with Crippen molar-refractivity contribution in [3.63, 3.8) is 0 Å². The fourth-order valence-electron chi connectivity index (χ4n) is 2.79. The number of hydrogen-bond acceptors (Lipinski definition) is 4. The largest absolute Gasteiger partial charge is 0.484 e. The van der Waals surface area contributed by atoms with Gasteiger partial charge < -0.3 is 14.5 Å². The van der Waals surface area contributed by atoms with Crippen LogP contribution in [0.15, 0.2) is 29.2 Å². The van der Waals surface area contributed by atoms with Gasteiger partial charge in [0.05, 0.1) is 37.6 Å². The van der Waals surface area contributed by atoms with Gasteiger partial charge in [-0.1, -0.05) is 6.92 Å². The molecule has 1 saturated heterocycles. The maximum Gasteiger partial charge on any atom is 0.260 e. The number of quaternary nitrogens is 1. The van der Waals surface area contributed by atoms with Crippen molar-refractivity contribution < 1.29 is 22.8 Å². The van der Waals surface area contributed by atoms with E-state index in [0.29, 0.717) is 5.75 Å². The molecule has 26 heavy (non-hydrogen) atoms. The summed E-state index contributed by atoms with van der Waals surface area (Å²) >= 11 is 0. The molecule has 1 heterocycles. The van der Waals surface area contributed by atoms with Crippen molar-refractivity contribution in [2.75, 3.05) is 39.3 Å². The molecule has 0 aromatic heterocycles. The Morgan fingerprint density at radius 3 is 2.38 bits per heavy atom. The fourth-order valence-corrected chi connectivity index (χ4v) is 4.12. The SMILES string of the molecule is CC[C@H](C)NS(=O)(=O)c1ccc(OCC(=O)N2CC[NH+](CC)CC2)cc1. The van der Waals surface area contributed by atoms with Gasteiger partial charge in [-0.2, -0.15) is 0 Å². The lowest BCUT2D eigenvalue weighted by molar-refractivity contribution is -0.902. The van der Waals surface area contributed by atoms with Crippen LogP contribution in [0.25, 0.3) is 0 Å². The van der Waals surface area contributed by atoms with E-state index in [-0.39, 0.29) is 23.5 Å². The molecule has 7 nitrogen and oxygen atoms in total. The van der Waals surface area contributed by atoms with Gasteiger partial charge in [0.25, 0.3) is 5.91 Å². The maximum absolute atomic E-state index is 12.2. The highest BCUT2D eigenvalue weighted by molar-refractivity contribution is 7.89.